The summed E-state index contributed by atoms with van der Waals surface area (Å²) in [4.78, 5) is 15.4. The molecule has 102 valence electrons. The van der Waals surface area contributed by atoms with Crippen molar-refractivity contribution in [3.63, 3.8) is 0 Å². The molecule has 0 saturated carbocycles. The third-order valence-electron chi connectivity index (χ3n) is 2.86. The molecule has 0 aliphatic heterocycles. The van der Waals surface area contributed by atoms with Crippen molar-refractivity contribution in [3.05, 3.63) is 18.2 Å². The van der Waals surface area contributed by atoms with Crippen LogP contribution in [0, 0.1) is 0 Å². The fourth-order valence-electron chi connectivity index (χ4n) is 1.91. The first-order chi connectivity index (χ1) is 8.56. The van der Waals surface area contributed by atoms with Gasteiger partial charge in [-0.1, -0.05) is 20.8 Å². The second kappa shape index (κ2) is 7.16. The van der Waals surface area contributed by atoms with E-state index in [1.807, 2.05) is 17.7 Å². The number of rotatable bonds is 8. The van der Waals surface area contributed by atoms with Gasteiger partial charge in [0, 0.05) is 24.9 Å². The Bertz CT molecular complexity index is 374. The summed E-state index contributed by atoms with van der Waals surface area (Å²) in [6, 6.07) is -0.479. The van der Waals surface area contributed by atoms with Crippen LogP contribution in [-0.4, -0.2) is 33.2 Å². The number of hydrogen-bond acceptors (Lipinski definition) is 3. The van der Waals surface area contributed by atoms with Gasteiger partial charge in [-0.15, -0.1) is 0 Å². The lowest BCUT2D eigenvalue weighted by molar-refractivity contribution is -0.139. The molecule has 18 heavy (non-hydrogen) atoms. The van der Waals surface area contributed by atoms with E-state index < -0.39 is 12.0 Å². The fraction of sp³-hybridized carbons (Fsp3) is 0.692. The van der Waals surface area contributed by atoms with Crippen LogP contribution in [0.1, 0.15) is 45.4 Å². The van der Waals surface area contributed by atoms with Gasteiger partial charge in [-0.25, -0.2) is 4.98 Å². The number of nitrogens with one attached hydrogen (secondary N) is 1. The molecule has 1 rings (SSSR count). The molecule has 1 aromatic heterocycles. The number of aromatic nitrogens is 2. The molecule has 0 aliphatic rings. The summed E-state index contributed by atoms with van der Waals surface area (Å²) in [7, 11) is 0. The number of hydrogen-bond donors (Lipinski definition) is 2. The molecule has 0 aliphatic carbocycles. The second-order valence-electron chi connectivity index (χ2n) is 4.77. The van der Waals surface area contributed by atoms with Gasteiger partial charge in [0.05, 0.1) is 0 Å². The topological polar surface area (TPSA) is 67.2 Å². The molecule has 1 aromatic rings. The van der Waals surface area contributed by atoms with Crippen LogP contribution in [0.15, 0.2) is 12.4 Å². The van der Waals surface area contributed by atoms with Gasteiger partial charge in [0.1, 0.15) is 11.9 Å². The maximum absolute atomic E-state index is 11.1. The van der Waals surface area contributed by atoms with Crippen molar-refractivity contribution in [1.82, 2.24) is 14.9 Å². The van der Waals surface area contributed by atoms with E-state index in [9.17, 15) is 4.79 Å². The Morgan fingerprint density at radius 3 is 2.83 bits per heavy atom. The molecule has 0 saturated heterocycles. The normalized spacial score (nSPS) is 12.9. The first kappa shape index (κ1) is 14.7. The van der Waals surface area contributed by atoms with Crippen molar-refractivity contribution in [2.24, 2.45) is 0 Å². The molecular weight excluding hydrogens is 230 g/mol. The molecule has 2 N–H and O–H groups in total. The highest BCUT2D eigenvalue weighted by atomic mass is 16.4. The Kier molecular flexibility index (Phi) is 5.85. The summed E-state index contributed by atoms with van der Waals surface area (Å²) in [5.74, 6) is 0.580. The van der Waals surface area contributed by atoms with E-state index in [4.69, 9.17) is 5.11 Å². The van der Waals surface area contributed by atoms with E-state index >= 15 is 0 Å². The van der Waals surface area contributed by atoms with Gasteiger partial charge in [-0.2, -0.15) is 0 Å². The van der Waals surface area contributed by atoms with Crippen molar-refractivity contribution < 1.29 is 9.90 Å². The number of nitrogens with zero attached hydrogens (tertiary/aromatic N) is 2. The largest absolute Gasteiger partial charge is 0.480 e. The Morgan fingerprint density at radius 2 is 2.28 bits per heavy atom. The molecule has 0 fully saturated rings. The van der Waals surface area contributed by atoms with Gasteiger partial charge in [0.25, 0.3) is 0 Å². The zero-order valence-electron chi connectivity index (χ0n) is 11.4. The monoisotopic (exact) mass is 253 g/mol. The Morgan fingerprint density at radius 1 is 1.56 bits per heavy atom. The van der Waals surface area contributed by atoms with Crippen LogP contribution >= 0.6 is 0 Å². The Hall–Kier alpha value is -1.36. The number of carbonyl (C=O) groups is 1. The van der Waals surface area contributed by atoms with Crippen LogP contribution in [0.2, 0.25) is 0 Å². The van der Waals surface area contributed by atoms with Crippen molar-refractivity contribution in [1.29, 1.82) is 0 Å². The highest BCUT2D eigenvalue weighted by molar-refractivity contribution is 5.73. The van der Waals surface area contributed by atoms with E-state index in [1.54, 1.807) is 6.20 Å². The van der Waals surface area contributed by atoms with E-state index in [0.717, 1.165) is 18.8 Å². The summed E-state index contributed by atoms with van der Waals surface area (Å²) in [5.41, 5.74) is 0. The minimum absolute atomic E-state index is 0.354. The van der Waals surface area contributed by atoms with Crippen LogP contribution in [0.3, 0.4) is 0 Å². The van der Waals surface area contributed by atoms with E-state index in [-0.39, 0.29) is 0 Å². The van der Waals surface area contributed by atoms with E-state index in [0.29, 0.717) is 18.9 Å². The summed E-state index contributed by atoms with van der Waals surface area (Å²) in [6.07, 6.45) is 5.19. The SMILES string of the molecule is CCCNC(CCn1ccnc1C(C)C)C(=O)O. The van der Waals surface area contributed by atoms with Gasteiger partial charge in [0.2, 0.25) is 0 Å². The van der Waals surface area contributed by atoms with Gasteiger partial charge in [0.15, 0.2) is 0 Å². The van der Waals surface area contributed by atoms with Crippen LogP contribution in [0.5, 0.6) is 0 Å². The Balaban J connectivity index is 2.55. The number of aliphatic carboxylic acids is 1. The molecule has 0 spiro atoms. The van der Waals surface area contributed by atoms with Gasteiger partial charge >= 0.3 is 5.97 Å². The van der Waals surface area contributed by atoms with Crippen molar-refractivity contribution in [2.45, 2.75) is 52.1 Å². The van der Waals surface area contributed by atoms with Crippen LogP contribution in [0.25, 0.3) is 0 Å². The first-order valence-electron chi connectivity index (χ1n) is 6.53. The zero-order valence-corrected chi connectivity index (χ0v) is 11.4. The molecule has 0 radical (unpaired) electrons. The molecule has 0 bridgehead atoms. The molecule has 0 amide bonds. The molecule has 1 atom stereocenters. The van der Waals surface area contributed by atoms with E-state index in [2.05, 4.69) is 24.1 Å². The Labute approximate surface area is 108 Å². The van der Waals surface area contributed by atoms with Gasteiger partial charge in [-0.05, 0) is 19.4 Å². The molecular formula is C13H23N3O2. The quantitative estimate of drug-likeness (QED) is 0.742. The number of carboxylic acids is 1. The number of aryl methyl sites for hydroxylation is 1. The maximum Gasteiger partial charge on any atom is 0.320 e. The predicted octanol–water partition coefficient (Wildman–Crippen LogP) is 1.85. The standard InChI is InChI=1S/C13H23N3O2/c1-4-6-14-11(13(17)18)5-8-16-9-7-15-12(16)10(2)3/h7,9-11,14H,4-6,8H2,1-3H3,(H,17,18). The molecule has 5 heteroatoms. The molecule has 5 nitrogen and oxygen atoms in total. The maximum atomic E-state index is 11.1. The van der Waals surface area contributed by atoms with Crippen LogP contribution < -0.4 is 5.32 Å². The second-order valence-corrected chi connectivity index (χ2v) is 4.77. The summed E-state index contributed by atoms with van der Waals surface area (Å²) >= 11 is 0. The summed E-state index contributed by atoms with van der Waals surface area (Å²) in [6.45, 7) is 7.61. The third kappa shape index (κ3) is 4.14. The van der Waals surface area contributed by atoms with Crippen molar-refractivity contribution >= 4 is 5.97 Å². The molecule has 0 aromatic carbocycles. The lowest BCUT2D eigenvalue weighted by atomic mass is 10.2. The average molecular weight is 253 g/mol. The first-order valence-corrected chi connectivity index (χ1v) is 6.53. The van der Waals surface area contributed by atoms with Crippen molar-refractivity contribution in [3.8, 4) is 0 Å². The summed E-state index contributed by atoms with van der Waals surface area (Å²) in [5, 5.41) is 12.2. The molecule has 1 unspecified atom stereocenters. The third-order valence-corrected chi connectivity index (χ3v) is 2.86. The minimum atomic E-state index is -0.783. The zero-order chi connectivity index (χ0) is 13.5. The summed E-state index contributed by atoms with van der Waals surface area (Å²) < 4.78 is 2.04. The number of carboxylic acid groups (broad SMARTS) is 1. The minimum Gasteiger partial charge on any atom is -0.480 e. The smallest absolute Gasteiger partial charge is 0.320 e. The average Bonchev–Trinajstić information content (AvgIpc) is 2.77. The highest BCUT2D eigenvalue weighted by Crippen LogP contribution is 2.12. The predicted molar refractivity (Wildman–Crippen MR) is 70.7 cm³/mol. The van der Waals surface area contributed by atoms with Gasteiger partial charge in [-0.3, -0.25) is 4.79 Å². The lowest BCUT2D eigenvalue weighted by Crippen LogP contribution is -2.38. The van der Waals surface area contributed by atoms with E-state index in [1.165, 1.54) is 0 Å². The lowest BCUT2D eigenvalue weighted by Gasteiger charge is -2.16. The van der Waals surface area contributed by atoms with Crippen LogP contribution in [0.4, 0.5) is 0 Å². The number of imidazole rings is 1. The van der Waals surface area contributed by atoms with Gasteiger partial charge < -0.3 is 15.0 Å². The van der Waals surface area contributed by atoms with Crippen molar-refractivity contribution in [2.75, 3.05) is 6.54 Å². The van der Waals surface area contributed by atoms with Crippen LogP contribution in [-0.2, 0) is 11.3 Å². The highest BCUT2D eigenvalue weighted by Gasteiger charge is 2.17. The fourth-order valence-corrected chi connectivity index (χ4v) is 1.91. The molecule has 1 heterocycles.